The van der Waals surface area contributed by atoms with Gasteiger partial charge in [-0.1, -0.05) is 91.0 Å². The van der Waals surface area contributed by atoms with Crippen LogP contribution in [-0.4, -0.2) is 6.71 Å². The van der Waals surface area contributed by atoms with Crippen molar-refractivity contribution < 1.29 is 0 Å². The van der Waals surface area contributed by atoms with E-state index in [9.17, 15) is 0 Å². The van der Waals surface area contributed by atoms with Gasteiger partial charge in [-0.25, -0.2) is 0 Å². The minimum absolute atomic E-state index is 0.146. The number of benzene rings is 6. The number of hydrogen-bond donors (Lipinski definition) is 0. The van der Waals surface area contributed by atoms with Crippen LogP contribution in [0.5, 0.6) is 0 Å². The Morgan fingerprint density at radius 2 is 0.831 bits per heavy atom. The number of fused-ring (bicyclic) bond motifs is 4. The minimum Gasteiger partial charge on any atom is -0.311 e. The lowest BCUT2D eigenvalue weighted by atomic mass is 9.33. The number of rotatable bonds is 5. The molecule has 0 aromatic heterocycles. The van der Waals surface area contributed by atoms with Crippen molar-refractivity contribution in [2.75, 3.05) is 9.80 Å². The van der Waals surface area contributed by atoms with Crippen molar-refractivity contribution in [2.45, 2.75) is 87.9 Å². The summed E-state index contributed by atoms with van der Waals surface area (Å²) in [6, 6.07) is 54.7. The van der Waals surface area contributed by atoms with Gasteiger partial charge < -0.3 is 9.80 Å². The van der Waals surface area contributed by atoms with Gasteiger partial charge in [-0.3, -0.25) is 0 Å². The van der Waals surface area contributed by atoms with Gasteiger partial charge >= 0.3 is 0 Å². The van der Waals surface area contributed by atoms with E-state index < -0.39 is 0 Å². The molecule has 8 bridgehead atoms. The molecule has 2 aliphatic heterocycles. The first kappa shape index (κ1) is 33.8. The highest BCUT2D eigenvalue weighted by molar-refractivity contribution is 7.00. The average Bonchev–Trinajstić information content (AvgIpc) is 3.26. The van der Waals surface area contributed by atoms with E-state index in [1.807, 2.05) is 0 Å². The predicted molar refractivity (Wildman–Crippen MR) is 246 cm³/mol. The molecule has 0 radical (unpaired) electrons. The molecule has 6 aromatic carbocycles. The summed E-state index contributed by atoms with van der Waals surface area (Å²) in [6.45, 7) is 0.146. The van der Waals surface area contributed by atoms with Crippen LogP contribution >= 0.6 is 0 Å². The summed E-state index contributed by atoms with van der Waals surface area (Å²) in [4.78, 5) is 5.25. The Labute approximate surface area is 350 Å². The van der Waals surface area contributed by atoms with E-state index in [-0.39, 0.29) is 6.71 Å². The molecule has 2 nitrogen and oxygen atoms in total. The van der Waals surface area contributed by atoms with Gasteiger partial charge in [0.1, 0.15) is 0 Å². The van der Waals surface area contributed by atoms with E-state index in [0.717, 1.165) is 35.5 Å². The first-order valence-corrected chi connectivity index (χ1v) is 23.3. The van der Waals surface area contributed by atoms with Crippen molar-refractivity contribution >= 4 is 57.2 Å². The fraction of sp³-hybridized carbons (Fsp3) is 0.357. The molecule has 8 aliphatic carbocycles. The van der Waals surface area contributed by atoms with Crippen LogP contribution in [0.3, 0.4) is 0 Å². The van der Waals surface area contributed by atoms with Gasteiger partial charge in [0.15, 0.2) is 0 Å². The average molecular weight is 765 g/mol. The number of para-hydroxylation sites is 2. The molecule has 0 amide bonds. The number of hydrogen-bond acceptors (Lipinski definition) is 2. The lowest BCUT2D eigenvalue weighted by Crippen LogP contribution is -2.61. The van der Waals surface area contributed by atoms with E-state index in [1.165, 1.54) is 139 Å². The summed E-state index contributed by atoms with van der Waals surface area (Å²) >= 11 is 0. The lowest BCUT2D eigenvalue weighted by molar-refractivity contribution is -0.00528. The maximum atomic E-state index is 2.73. The topological polar surface area (TPSA) is 6.48 Å². The third-order valence-corrected chi connectivity index (χ3v) is 17.5. The summed E-state index contributed by atoms with van der Waals surface area (Å²) < 4.78 is 0. The number of nitrogens with zero attached hydrogens (tertiary/aromatic N) is 2. The van der Waals surface area contributed by atoms with Crippen LogP contribution in [0, 0.1) is 35.5 Å². The van der Waals surface area contributed by atoms with Crippen molar-refractivity contribution in [3.05, 3.63) is 151 Å². The zero-order valence-electron chi connectivity index (χ0n) is 34.2. The third-order valence-electron chi connectivity index (χ3n) is 17.5. The van der Waals surface area contributed by atoms with Gasteiger partial charge in [0.05, 0.1) is 0 Å². The highest BCUT2D eigenvalue weighted by atomic mass is 15.2. The molecule has 0 saturated heterocycles. The quantitative estimate of drug-likeness (QED) is 0.161. The molecule has 0 atom stereocenters. The van der Waals surface area contributed by atoms with Crippen LogP contribution in [0.2, 0.25) is 0 Å². The van der Waals surface area contributed by atoms with Crippen molar-refractivity contribution in [1.82, 2.24) is 0 Å². The van der Waals surface area contributed by atoms with Gasteiger partial charge in [0.25, 0.3) is 6.71 Å². The fourth-order valence-corrected chi connectivity index (χ4v) is 16.1. The zero-order chi connectivity index (χ0) is 38.5. The van der Waals surface area contributed by atoms with Crippen LogP contribution in [0.4, 0.5) is 34.1 Å². The highest BCUT2D eigenvalue weighted by Crippen LogP contribution is 2.62. The van der Waals surface area contributed by atoms with Gasteiger partial charge in [0.2, 0.25) is 0 Å². The zero-order valence-corrected chi connectivity index (χ0v) is 34.2. The maximum Gasteiger partial charge on any atom is 0.252 e. The fourth-order valence-electron chi connectivity index (χ4n) is 16.1. The van der Waals surface area contributed by atoms with Gasteiger partial charge in [-0.2, -0.15) is 0 Å². The molecule has 3 heteroatoms. The molecule has 290 valence electrons. The maximum absolute atomic E-state index is 2.73. The minimum atomic E-state index is 0.146. The largest absolute Gasteiger partial charge is 0.311 e. The third kappa shape index (κ3) is 4.94. The van der Waals surface area contributed by atoms with Gasteiger partial charge in [0, 0.05) is 34.1 Å². The second-order valence-corrected chi connectivity index (χ2v) is 21.0. The summed E-state index contributed by atoms with van der Waals surface area (Å²) in [5, 5.41) is 0. The Morgan fingerprint density at radius 1 is 0.373 bits per heavy atom. The Kier molecular flexibility index (Phi) is 7.03. The van der Waals surface area contributed by atoms with E-state index in [0.29, 0.717) is 10.8 Å². The summed E-state index contributed by atoms with van der Waals surface area (Å²) in [5.41, 5.74) is 18.6. The molecular weight excluding hydrogens is 711 g/mol. The second-order valence-electron chi connectivity index (χ2n) is 21.0. The van der Waals surface area contributed by atoms with E-state index in [1.54, 1.807) is 11.1 Å². The summed E-state index contributed by atoms with van der Waals surface area (Å²) in [7, 11) is 0. The molecule has 2 heterocycles. The Hall–Kier alpha value is -5.02. The van der Waals surface area contributed by atoms with Gasteiger partial charge in [-0.15, -0.1) is 0 Å². The van der Waals surface area contributed by atoms with Gasteiger partial charge in [-0.05, 0) is 211 Å². The molecule has 0 N–H and O–H groups in total. The SMILES string of the molecule is c1ccc(-c2cc3c4c(c2)N(c2ccccc2)c2ccc(C56CC7CC(CC(C7)C5)C6)cc2B4c2ccccc2N3c2ccc(C34CC5CC(CC(C5)C3)C4)cc2)cc1. The first-order chi connectivity index (χ1) is 29.1. The normalized spacial score (nSPS) is 31.3. The molecule has 8 saturated carbocycles. The van der Waals surface area contributed by atoms with E-state index >= 15 is 0 Å². The monoisotopic (exact) mass is 764 g/mol. The lowest BCUT2D eigenvalue weighted by Gasteiger charge is -2.57. The van der Waals surface area contributed by atoms with E-state index in [2.05, 4.69) is 149 Å². The van der Waals surface area contributed by atoms with Crippen molar-refractivity contribution in [3.8, 4) is 11.1 Å². The van der Waals surface area contributed by atoms with Crippen molar-refractivity contribution in [1.29, 1.82) is 0 Å². The summed E-state index contributed by atoms with van der Waals surface area (Å²) in [6.07, 6.45) is 17.2. The second kappa shape index (κ2) is 12.3. The van der Waals surface area contributed by atoms with Crippen molar-refractivity contribution in [3.63, 3.8) is 0 Å². The Balaban J connectivity index is 0.986. The van der Waals surface area contributed by atoms with Crippen LogP contribution < -0.4 is 26.2 Å². The van der Waals surface area contributed by atoms with Crippen LogP contribution in [0.25, 0.3) is 11.1 Å². The van der Waals surface area contributed by atoms with Crippen LogP contribution in [-0.2, 0) is 10.8 Å². The summed E-state index contributed by atoms with van der Waals surface area (Å²) in [5.74, 6) is 5.58. The highest BCUT2D eigenvalue weighted by Gasteiger charge is 2.54. The first-order valence-electron chi connectivity index (χ1n) is 23.3. The standard InChI is InChI=1S/C56H53BN2/c1-3-9-42(10-4-1)43-27-52-54-53(28-43)59(47-18-15-44(16-19-47)55-30-36-21-37(31-55)23-38(22-36)32-55)50-14-8-7-13-48(50)57(54)49-29-45(17-20-51(49)58(52)46-11-5-2-6-12-46)56-33-39-24-40(34-56)26-41(25-39)35-56/h1-20,27-29,36-41H,21-26,30-35H2. The van der Waals surface area contributed by atoms with E-state index in [4.69, 9.17) is 0 Å². The molecule has 0 spiro atoms. The molecule has 0 unspecified atom stereocenters. The molecule has 59 heavy (non-hydrogen) atoms. The molecule has 16 rings (SSSR count). The smallest absolute Gasteiger partial charge is 0.252 e. The Bertz CT molecular complexity index is 2570. The molecule has 10 aliphatic rings. The van der Waals surface area contributed by atoms with Crippen molar-refractivity contribution in [2.24, 2.45) is 35.5 Å². The molecule has 6 aromatic rings. The molecule has 8 fully saturated rings. The predicted octanol–water partition coefficient (Wildman–Crippen LogP) is 12.4. The Morgan fingerprint density at radius 3 is 1.41 bits per heavy atom. The van der Waals surface area contributed by atoms with Crippen LogP contribution in [0.1, 0.15) is 88.2 Å². The van der Waals surface area contributed by atoms with Crippen LogP contribution in [0.15, 0.2) is 140 Å². The number of anilines is 6. The molecular formula is C56H53BN2.